The zero-order valence-corrected chi connectivity index (χ0v) is 8.08. The molecule has 0 aliphatic carbocycles. The van der Waals surface area contributed by atoms with Crippen LogP contribution in [-0.4, -0.2) is 42.1 Å². The maximum atomic E-state index is 5.67. The Labute approximate surface area is 74.5 Å². The van der Waals surface area contributed by atoms with E-state index in [1.165, 1.54) is 19.5 Å². The van der Waals surface area contributed by atoms with Gasteiger partial charge in [0.25, 0.3) is 0 Å². The van der Waals surface area contributed by atoms with Crippen molar-refractivity contribution in [3.8, 4) is 0 Å². The fraction of sp³-hybridized carbons (Fsp3) is 1.00. The first-order valence-electron chi connectivity index (χ1n) is 4.85. The lowest BCUT2D eigenvalue weighted by molar-refractivity contribution is 0.00584. The Bertz CT molecular complexity index is 173. The molecule has 0 aromatic rings. The lowest BCUT2D eigenvalue weighted by Crippen LogP contribution is -2.60. The number of hydrazine groups is 1. The van der Waals surface area contributed by atoms with Crippen molar-refractivity contribution in [1.29, 1.82) is 0 Å². The Balaban J connectivity index is 1.90. The highest BCUT2D eigenvalue weighted by atomic mass is 15.5. The van der Waals surface area contributed by atoms with Crippen LogP contribution in [0.3, 0.4) is 0 Å². The first-order chi connectivity index (χ1) is 5.61. The van der Waals surface area contributed by atoms with Crippen molar-refractivity contribution >= 4 is 0 Å². The molecule has 1 spiro atoms. The molecule has 0 aromatic heterocycles. The van der Waals surface area contributed by atoms with E-state index in [0.29, 0.717) is 11.5 Å². The second kappa shape index (κ2) is 2.69. The summed E-state index contributed by atoms with van der Waals surface area (Å²) in [6.07, 6.45) is 1.35. The third kappa shape index (κ3) is 1.26. The van der Waals surface area contributed by atoms with Crippen molar-refractivity contribution in [2.75, 3.05) is 26.2 Å². The zero-order chi connectivity index (χ0) is 8.77. The van der Waals surface area contributed by atoms with E-state index >= 15 is 0 Å². The summed E-state index contributed by atoms with van der Waals surface area (Å²) >= 11 is 0. The zero-order valence-electron chi connectivity index (χ0n) is 8.08. The summed E-state index contributed by atoms with van der Waals surface area (Å²) in [6.45, 7) is 9.30. The maximum absolute atomic E-state index is 5.67. The molecule has 3 nitrogen and oxygen atoms in total. The fourth-order valence-electron chi connectivity index (χ4n) is 2.48. The molecule has 2 fully saturated rings. The van der Waals surface area contributed by atoms with Crippen LogP contribution in [0.15, 0.2) is 0 Å². The number of nitrogens with two attached hydrogens (primary N) is 1. The molecule has 2 aliphatic rings. The van der Waals surface area contributed by atoms with Gasteiger partial charge in [0.15, 0.2) is 0 Å². The number of likely N-dealkylation sites (tertiary alicyclic amines) is 1. The van der Waals surface area contributed by atoms with Gasteiger partial charge in [-0.2, -0.15) is 0 Å². The van der Waals surface area contributed by atoms with Crippen LogP contribution in [0.25, 0.3) is 0 Å². The van der Waals surface area contributed by atoms with Crippen LogP contribution >= 0.6 is 0 Å². The average Bonchev–Trinajstić information content (AvgIpc) is 2.31. The molecule has 2 N–H and O–H groups in total. The van der Waals surface area contributed by atoms with Crippen molar-refractivity contribution < 1.29 is 0 Å². The summed E-state index contributed by atoms with van der Waals surface area (Å²) in [4.78, 5) is 2.56. The highest BCUT2D eigenvalue weighted by Gasteiger charge is 2.46. The molecule has 0 atom stereocenters. The topological polar surface area (TPSA) is 32.5 Å². The largest absolute Gasteiger partial charge is 0.300 e. The quantitative estimate of drug-likeness (QED) is 0.572. The van der Waals surface area contributed by atoms with Crippen LogP contribution in [0, 0.1) is 5.41 Å². The van der Waals surface area contributed by atoms with Crippen molar-refractivity contribution in [3.05, 3.63) is 0 Å². The summed E-state index contributed by atoms with van der Waals surface area (Å²) in [6, 6.07) is 0.705. The average molecular weight is 169 g/mol. The fourth-order valence-corrected chi connectivity index (χ4v) is 2.48. The Hall–Kier alpha value is -0.120. The first kappa shape index (κ1) is 8.48. The summed E-state index contributed by atoms with van der Waals surface area (Å²) < 4.78 is 0. The molecule has 0 amide bonds. The highest BCUT2D eigenvalue weighted by molar-refractivity contribution is 5.00. The van der Waals surface area contributed by atoms with E-state index in [0.717, 1.165) is 13.1 Å². The standard InChI is InChI=1S/C9H19N3/c1-8(2)11-4-3-9(5-11)6-12(10)7-9/h8H,3-7,10H2,1-2H3. The van der Waals surface area contributed by atoms with E-state index in [1.807, 2.05) is 5.01 Å². The smallest absolute Gasteiger partial charge is 0.0211 e. The Morgan fingerprint density at radius 3 is 2.33 bits per heavy atom. The summed E-state index contributed by atoms with van der Waals surface area (Å²) in [5.41, 5.74) is 0.568. The van der Waals surface area contributed by atoms with Gasteiger partial charge in [0.2, 0.25) is 0 Å². The normalized spacial score (nSPS) is 30.0. The number of nitrogens with zero attached hydrogens (tertiary/aromatic N) is 2. The molecule has 0 bridgehead atoms. The van der Waals surface area contributed by atoms with E-state index in [9.17, 15) is 0 Å². The van der Waals surface area contributed by atoms with Crippen LogP contribution in [-0.2, 0) is 0 Å². The van der Waals surface area contributed by atoms with Crippen LogP contribution in [0.1, 0.15) is 20.3 Å². The molecule has 2 aliphatic heterocycles. The highest BCUT2D eigenvalue weighted by Crippen LogP contribution is 2.38. The first-order valence-corrected chi connectivity index (χ1v) is 4.85. The maximum Gasteiger partial charge on any atom is 0.0211 e. The van der Waals surface area contributed by atoms with Crippen LogP contribution in [0.2, 0.25) is 0 Å². The number of hydrogen-bond donors (Lipinski definition) is 1. The van der Waals surface area contributed by atoms with Gasteiger partial charge in [0, 0.05) is 31.1 Å². The third-order valence-corrected chi connectivity index (χ3v) is 3.28. The second-order valence-electron chi connectivity index (χ2n) is 4.72. The summed E-state index contributed by atoms with van der Waals surface area (Å²) in [5.74, 6) is 5.67. The van der Waals surface area contributed by atoms with Crippen molar-refractivity contribution in [3.63, 3.8) is 0 Å². The Morgan fingerprint density at radius 2 is 1.92 bits per heavy atom. The summed E-state index contributed by atoms with van der Waals surface area (Å²) in [7, 11) is 0. The minimum atomic E-state index is 0.568. The van der Waals surface area contributed by atoms with Crippen LogP contribution in [0.5, 0.6) is 0 Å². The predicted molar refractivity (Wildman–Crippen MR) is 49.5 cm³/mol. The SMILES string of the molecule is CC(C)N1CCC2(CN(N)C2)C1. The van der Waals surface area contributed by atoms with Gasteiger partial charge >= 0.3 is 0 Å². The second-order valence-corrected chi connectivity index (χ2v) is 4.72. The van der Waals surface area contributed by atoms with Crippen LogP contribution in [0.4, 0.5) is 0 Å². The lowest BCUT2D eigenvalue weighted by atomic mass is 9.80. The van der Waals surface area contributed by atoms with E-state index < -0.39 is 0 Å². The van der Waals surface area contributed by atoms with E-state index in [2.05, 4.69) is 18.7 Å². The van der Waals surface area contributed by atoms with Gasteiger partial charge in [0.1, 0.15) is 0 Å². The van der Waals surface area contributed by atoms with Gasteiger partial charge in [-0.1, -0.05) is 0 Å². The number of rotatable bonds is 1. The molecule has 0 radical (unpaired) electrons. The van der Waals surface area contributed by atoms with Crippen molar-refractivity contribution in [1.82, 2.24) is 9.91 Å². The molecule has 0 aromatic carbocycles. The molecule has 2 rings (SSSR count). The third-order valence-electron chi connectivity index (χ3n) is 3.28. The molecule has 0 unspecified atom stereocenters. The van der Waals surface area contributed by atoms with Crippen LogP contribution < -0.4 is 5.84 Å². The minimum Gasteiger partial charge on any atom is -0.300 e. The van der Waals surface area contributed by atoms with Gasteiger partial charge in [-0.05, 0) is 26.8 Å². The van der Waals surface area contributed by atoms with E-state index in [1.54, 1.807) is 0 Å². The van der Waals surface area contributed by atoms with Crippen molar-refractivity contribution in [2.45, 2.75) is 26.3 Å². The lowest BCUT2D eigenvalue weighted by Gasteiger charge is -2.45. The van der Waals surface area contributed by atoms with Gasteiger partial charge in [-0.15, -0.1) is 0 Å². The molecule has 12 heavy (non-hydrogen) atoms. The Kier molecular flexibility index (Phi) is 1.90. The molecule has 3 heteroatoms. The monoisotopic (exact) mass is 169 g/mol. The molecule has 2 saturated heterocycles. The molecule has 2 heterocycles. The summed E-state index contributed by atoms with van der Waals surface area (Å²) in [5, 5.41) is 1.93. The molecule has 70 valence electrons. The van der Waals surface area contributed by atoms with Crippen molar-refractivity contribution in [2.24, 2.45) is 11.3 Å². The van der Waals surface area contributed by atoms with E-state index in [4.69, 9.17) is 5.84 Å². The minimum absolute atomic E-state index is 0.568. The predicted octanol–water partition coefficient (Wildman–Crippen LogP) is 0.276. The van der Waals surface area contributed by atoms with Gasteiger partial charge < -0.3 is 4.90 Å². The molecule has 0 saturated carbocycles. The van der Waals surface area contributed by atoms with E-state index in [-0.39, 0.29) is 0 Å². The van der Waals surface area contributed by atoms with Gasteiger partial charge in [-0.3, -0.25) is 5.84 Å². The Morgan fingerprint density at radius 1 is 1.25 bits per heavy atom. The van der Waals surface area contributed by atoms with Gasteiger partial charge in [0.05, 0.1) is 0 Å². The molecular weight excluding hydrogens is 150 g/mol. The molecular formula is C9H19N3. The number of hydrogen-bond acceptors (Lipinski definition) is 3. The van der Waals surface area contributed by atoms with Gasteiger partial charge in [-0.25, -0.2) is 5.01 Å².